The van der Waals surface area contributed by atoms with Crippen molar-refractivity contribution in [1.29, 1.82) is 0 Å². The highest BCUT2D eigenvalue weighted by molar-refractivity contribution is 5.87. The molecule has 1 aliphatic heterocycles. The molecule has 0 saturated carbocycles. The van der Waals surface area contributed by atoms with Crippen LogP contribution in [0, 0.1) is 0 Å². The van der Waals surface area contributed by atoms with Crippen LogP contribution in [0.4, 0.5) is 4.39 Å². The molecule has 2 rings (SSSR count). The molecule has 1 aromatic rings. The molecule has 0 aromatic heterocycles. The summed E-state index contributed by atoms with van der Waals surface area (Å²) in [6, 6.07) is 6.60. The molecule has 0 radical (unpaired) electrons. The van der Waals surface area contributed by atoms with Crippen molar-refractivity contribution in [2.45, 2.75) is 58.4 Å². The number of amides is 1. The van der Waals surface area contributed by atoms with E-state index in [-0.39, 0.29) is 23.3 Å². The molecule has 0 bridgehead atoms. The number of carboxylic acids is 1. The van der Waals surface area contributed by atoms with Crippen molar-refractivity contribution in [1.82, 2.24) is 4.90 Å². The summed E-state index contributed by atoms with van der Waals surface area (Å²) in [6.45, 7) is 4.44. The molecule has 27 heavy (non-hydrogen) atoms. The van der Waals surface area contributed by atoms with Crippen LogP contribution in [-0.4, -0.2) is 34.5 Å². The SMILES string of the molecule is CCCCC(C)=C(F)C=C[C@H]1CCC(=O)N1CCc1ccc(C(=O)O)cc1. The fourth-order valence-electron chi connectivity index (χ4n) is 3.21. The quantitative estimate of drug-likeness (QED) is 0.626. The number of hydrogen-bond acceptors (Lipinski definition) is 2. The van der Waals surface area contributed by atoms with Gasteiger partial charge in [0.25, 0.3) is 0 Å². The number of halogens is 1. The Morgan fingerprint density at radius 2 is 2.04 bits per heavy atom. The number of aromatic carboxylic acids is 1. The summed E-state index contributed by atoms with van der Waals surface area (Å²) < 4.78 is 14.2. The van der Waals surface area contributed by atoms with Gasteiger partial charge in [-0.05, 0) is 62.0 Å². The van der Waals surface area contributed by atoms with Gasteiger partial charge >= 0.3 is 5.97 Å². The minimum absolute atomic E-state index is 0.0823. The number of likely N-dealkylation sites (tertiary alicyclic amines) is 1. The van der Waals surface area contributed by atoms with Crippen LogP contribution in [0.5, 0.6) is 0 Å². The number of carboxylic acid groups (broad SMARTS) is 1. The molecule has 0 unspecified atom stereocenters. The van der Waals surface area contributed by atoms with E-state index in [0.717, 1.165) is 30.4 Å². The largest absolute Gasteiger partial charge is 0.478 e. The molecule has 1 fully saturated rings. The third kappa shape index (κ3) is 6.05. The topological polar surface area (TPSA) is 57.6 Å². The highest BCUT2D eigenvalue weighted by Gasteiger charge is 2.28. The number of carbonyl (C=O) groups excluding carboxylic acids is 1. The molecule has 1 saturated heterocycles. The molecule has 0 spiro atoms. The van der Waals surface area contributed by atoms with E-state index in [2.05, 4.69) is 6.92 Å². The van der Waals surface area contributed by atoms with Crippen molar-refractivity contribution < 1.29 is 19.1 Å². The zero-order valence-electron chi connectivity index (χ0n) is 16.1. The van der Waals surface area contributed by atoms with Gasteiger partial charge in [-0.25, -0.2) is 9.18 Å². The van der Waals surface area contributed by atoms with Crippen molar-refractivity contribution in [2.24, 2.45) is 0 Å². The van der Waals surface area contributed by atoms with Gasteiger partial charge in [-0.1, -0.05) is 31.6 Å². The normalized spacial score (nSPS) is 18.3. The second kappa shape index (κ2) is 10.0. The zero-order valence-corrected chi connectivity index (χ0v) is 16.1. The minimum atomic E-state index is -0.953. The van der Waals surface area contributed by atoms with Crippen molar-refractivity contribution in [3.63, 3.8) is 0 Å². The van der Waals surface area contributed by atoms with Gasteiger partial charge in [-0.15, -0.1) is 0 Å². The highest BCUT2D eigenvalue weighted by atomic mass is 19.1. The predicted octanol–water partition coefficient (Wildman–Crippen LogP) is 4.91. The Morgan fingerprint density at radius 3 is 2.67 bits per heavy atom. The summed E-state index contributed by atoms with van der Waals surface area (Å²) in [5.41, 5.74) is 1.98. The third-order valence-electron chi connectivity index (χ3n) is 4.99. The molecule has 4 nitrogen and oxygen atoms in total. The molecule has 1 aromatic carbocycles. The van der Waals surface area contributed by atoms with Crippen LogP contribution in [0.15, 0.2) is 47.8 Å². The lowest BCUT2D eigenvalue weighted by Gasteiger charge is -2.22. The van der Waals surface area contributed by atoms with Crippen molar-refractivity contribution >= 4 is 11.9 Å². The molecular weight excluding hydrogens is 345 g/mol. The number of benzene rings is 1. The second-order valence-electron chi connectivity index (χ2n) is 7.04. The Kier molecular flexibility index (Phi) is 7.77. The number of unbranched alkanes of at least 4 members (excludes halogenated alkanes) is 1. The summed E-state index contributed by atoms with van der Waals surface area (Å²) in [7, 11) is 0. The number of rotatable bonds is 9. The van der Waals surface area contributed by atoms with Gasteiger partial charge < -0.3 is 10.0 Å². The Hall–Kier alpha value is -2.43. The summed E-state index contributed by atoms with van der Waals surface area (Å²) >= 11 is 0. The van der Waals surface area contributed by atoms with E-state index >= 15 is 0 Å². The Labute approximate surface area is 160 Å². The summed E-state index contributed by atoms with van der Waals surface area (Å²) in [5.74, 6) is -1.07. The van der Waals surface area contributed by atoms with Crippen molar-refractivity contribution in [3.05, 3.63) is 58.9 Å². The van der Waals surface area contributed by atoms with Crippen LogP contribution < -0.4 is 0 Å². The van der Waals surface area contributed by atoms with E-state index in [0.29, 0.717) is 25.8 Å². The van der Waals surface area contributed by atoms with Gasteiger partial charge in [0.1, 0.15) is 5.83 Å². The molecule has 1 N–H and O–H groups in total. The highest BCUT2D eigenvalue weighted by Crippen LogP contribution is 2.22. The number of carbonyl (C=O) groups is 2. The third-order valence-corrected chi connectivity index (χ3v) is 4.99. The van der Waals surface area contributed by atoms with Crippen LogP contribution in [0.2, 0.25) is 0 Å². The van der Waals surface area contributed by atoms with Crippen molar-refractivity contribution in [3.8, 4) is 0 Å². The first-order valence-corrected chi connectivity index (χ1v) is 9.57. The summed E-state index contributed by atoms with van der Waals surface area (Å²) in [4.78, 5) is 24.9. The van der Waals surface area contributed by atoms with Crippen LogP contribution in [0.1, 0.15) is 61.9 Å². The monoisotopic (exact) mass is 373 g/mol. The lowest BCUT2D eigenvalue weighted by atomic mass is 10.1. The molecule has 0 aliphatic carbocycles. The molecule has 1 amide bonds. The van der Waals surface area contributed by atoms with E-state index in [1.807, 2.05) is 6.92 Å². The van der Waals surface area contributed by atoms with Crippen LogP contribution in [0.3, 0.4) is 0 Å². The summed E-state index contributed by atoms with van der Waals surface area (Å²) in [6.07, 6.45) is 7.89. The molecule has 5 heteroatoms. The maximum atomic E-state index is 14.2. The smallest absolute Gasteiger partial charge is 0.335 e. The van der Waals surface area contributed by atoms with E-state index in [1.54, 1.807) is 35.2 Å². The minimum Gasteiger partial charge on any atom is -0.478 e. The van der Waals surface area contributed by atoms with Gasteiger partial charge in [0.15, 0.2) is 0 Å². The predicted molar refractivity (Wildman–Crippen MR) is 104 cm³/mol. The van der Waals surface area contributed by atoms with E-state index in [1.165, 1.54) is 6.08 Å². The van der Waals surface area contributed by atoms with Gasteiger partial charge in [0.05, 0.1) is 11.6 Å². The van der Waals surface area contributed by atoms with E-state index in [9.17, 15) is 14.0 Å². The van der Waals surface area contributed by atoms with E-state index < -0.39 is 5.97 Å². The molecule has 1 atom stereocenters. The lowest BCUT2D eigenvalue weighted by Crippen LogP contribution is -2.33. The lowest BCUT2D eigenvalue weighted by molar-refractivity contribution is -0.128. The van der Waals surface area contributed by atoms with Crippen LogP contribution in [0.25, 0.3) is 0 Å². The fraction of sp³-hybridized carbons (Fsp3) is 0.455. The van der Waals surface area contributed by atoms with Crippen molar-refractivity contribution in [2.75, 3.05) is 6.54 Å². The first-order chi connectivity index (χ1) is 12.9. The summed E-state index contributed by atoms with van der Waals surface area (Å²) in [5, 5.41) is 8.94. The van der Waals surface area contributed by atoms with Gasteiger partial charge in [-0.2, -0.15) is 0 Å². The first-order valence-electron chi connectivity index (χ1n) is 9.57. The number of allylic oxidation sites excluding steroid dienone is 3. The molecule has 146 valence electrons. The maximum absolute atomic E-state index is 14.2. The first kappa shape index (κ1) is 20.9. The number of nitrogens with zero attached hydrogens (tertiary/aromatic N) is 1. The Morgan fingerprint density at radius 1 is 1.33 bits per heavy atom. The van der Waals surface area contributed by atoms with E-state index in [4.69, 9.17) is 5.11 Å². The van der Waals surface area contributed by atoms with Gasteiger partial charge in [0.2, 0.25) is 5.91 Å². The van der Waals surface area contributed by atoms with Gasteiger partial charge in [0, 0.05) is 13.0 Å². The van der Waals surface area contributed by atoms with Crippen LogP contribution >= 0.6 is 0 Å². The Balaban J connectivity index is 1.97. The molecule has 1 aliphatic rings. The maximum Gasteiger partial charge on any atom is 0.335 e. The molecular formula is C22H28FNO3. The van der Waals surface area contributed by atoms with Crippen LogP contribution in [-0.2, 0) is 11.2 Å². The number of hydrogen-bond donors (Lipinski definition) is 1. The zero-order chi connectivity index (χ0) is 19.8. The Bertz CT molecular complexity index is 722. The molecule has 1 heterocycles. The van der Waals surface area contributed by atoms with Gasteiger partial charge in [-0.3, -0.25) is 4.79 Å². The standard InChI is InChI=1S/C22H28FNO3/c1-3-4-5-16(2)20(23)12-10-19-11-13-21(25)24(19)15-14-17-6-8-18(9-7-17)22(26)27/h6-10,12,19H,3-5,11,13-15H2,1-2H3,(H,26,27)/t19-/m0/s1. The average Bonchev–Trinajstić information content (AvgIpc) is 3.02. The second-order valence-corrected chi connectivity index (χ2v) is 7.04. The average molecular weight is 373 g/mol. The fourth-order valence-corrected chi connectivity index (χ4v) is 3.21.